The summed E-state index contributed by atoms with van der Waals surface area (Å²) in [5.74, 6) is 0.680. The minimum absolute atomic E-state index is 0.0392. The Balaban J connectivity index is 1.87. The van der Waals surface area contributed by atoms with E-state index < -0.39 is 6.04 Å². The summed E-state index contributed by atoms with van der Waals surface area (Å²) in [6.45, 7) is 7.19. The van der Waals surface area contributed by atoms with Crippen LogP contribution in [0.5, 0.6) is 5.75 Å². The molecule has 1 aliphatic rings. The first-order chi connectivity index (χ1) is 10.0. The highest BCUT2D eigenvalue weighted by Gasteiger charge is 2.28. The lowest BCUT2D eigenvalue weighted by Gasteiger charge is -2.32. The van der Waals surface area contributed by atoms with E-state index in [-0.39, 0.29) is 18.2 Å². The number of rotatable bonds is 4. The Morgan fingerprint density at radius 2 is 2.19 bits per heavy atom. The van der Waals surface area contributed by atoms with Crippen LogP contribution in [0.2, 0.25) is 0 Å². The van der Waals surface area contributed by atoms with Gasteiger partial charge in [-0.1, -0.05) is 12.1 Å². The Morgan fingerprint density at radius 1 is 1.43 bits per heavy atom. The number of nitrogens with zero attached hydrogens (tertiary/aromatic N) is 1. The molecular weight excluding hydrogens is 268 g/mol. The number of aryl methyl sites for hydroxylation is 1. The molecule has 114 valence electrons. The number of carbonyl (C=O) groups excluding carboxylic acids is 2. The van der Waals surface area contributed by atoms with Crippen LogP contribution in [0.1, 0.15) is 24.5 Å². The molecule has 2 rings (SSSR count). The second kappa shape index (κ2) is 6.61. The highest BCUT2D eigenvalue weighted by atomic mass is 16.5. The van der Waals surface area contributed by atoms with E-state index in [9.17, 15) is 9.59 Å². The Bertz CT molecular complexity index is 542. The molecule has 1 aromatic rings. The number of nitrogens with one attached hydrogen (secondary N) is 1. The Morgan fingerprint density at radius 3 is 2.95 bits per heavy atom. The summed E-state index contributed by atoms with van der Waals surface area (Å²) in [6.07, 6.45) is 0.283. The number of benzene rings is 1. The minimum atomic E-state index is -0.396. The fourth-order valence-corrected chi connectivity index (χ4v) is 2.40. The SMILES string of the molecule is Cc1cccc(OCCC(=O)N2CCNC(=O)C2C)c1C. The minimum Gasteiger partial charge on any atom is -0.493 e. The maximum Gasteiger partial charge on any atom is 0.242 e. The fourth-order valence-electron chi connectivity index (χ4n) is 2.40. The zero-order valence-corrected chi connectivity index (χ0v) is 12.8. The molecule has 1 fully saturated rings. The highest BCUT2D eigenvalue weighted by Crippen LogP contribution is 2.20. The van der Waals surface area contributed by atoms with Crippen LogP contribution in [0.3, 0.4) is 0 Å². The van der Waals surface area contributed by atoms with Crippen LogP contribution in [0, 0.1) is 13.8 Å². The van der Waals surface area contributed by atoms with Crippen LogP contribution in [0.4, 0.5) is 0 Å². The van der Waals surface area contributed by atoms with E-state index in [2.05, 4.69) is 5.32 Å². The normalized spacial score (nSPS) is 18.3. The average molecular weight is 290 g/mol. The molecule has 1 saturated heterocycles. The first-order valence-corrected chi connectivity index (χ1v) is 7.27. The van der Waals surface area contributed by atoms with Gasteiger partial charge in [-0.25, -0.2) is 0 Å². The Hall–Kier alpha value is -2.04. The molecule has 0 saturated carbocycles. The van der Waals surface area contributed by atoms with Gasteiger partial charge in [0.2, 0.25) is 11.8 Å². The van der Waals surface area contributed by atoms with Crippen molar-refractivity contribution in [1.82, 2.24) is 10.2 Å². The molecular formula is C16H22N2O3. The van der Waals surface area contributed by atoms with Crippen molar-refractivity contribution in [2.45, 2.75) is 33.2 Å². The maximum atomic E-state index is 12.2. The van der Waals surface area contributed by atoms with Crippen molar-refractivity contribution in [3.8, 4) is 5.75 Å². The standard InChI is InChI=1S/C16H22N2O3/c1-11-5-4-6-14(12(11)2)21-10-7-15(19)18-9-8-17-16(20)13(18)3/h4-6,13H,7-10H2,1-3H3,(H,17,20). The second-order valence-electron chi connectivity index (χ2n) is 5.35. The average Bonchev–Trinajstić information content (AvgIpc) is 2.46. The zero-order valence-electron chi connectivity index (χ0n) is 12.8. The van der Waals surface area contributed by atoms with Crippen molar-refractivity contribution in [2.24, 2.45) is 0 Å². The number of piperazine rings is 1. The molecule has 0 spiro atoms. The number of ether oxygens (including phenoxy) is 1. The van der Waals surface area contributed by atoms with Gasteiger partial charge in [0.05, 0.1) is 13.0 Å². The molecule has 0 bridgehead atoms. The molecule has 1 N–H and O–H groups in total. The van der Waals surface area contributed by atoms with Crippen molar-refractivity contribution in [3.05, 3.63) is 29.3 Å². The molecule has 1 aliphatic heterocycles. The molecule has 5 nitrogen and oxygen atoms in total. The highest BCUT2D eigenvalue weighted by molar-refractivity contribution is 5.88. The fraction of sp³-hybridized carbons (Fsp3) is 0.500. The van der Waals surface area contributed by atoms with Gasteiger partial charge in [0.15, 0.2) is 0 Å². The van der Waals surface area contributed by atoms with Crippen molar-refractivity contribution >= 4 is 11.8 Å². The van der Waals surface area contributed by atoms with Gasteiger partial charge in [-0.2, -0.15) is 0 Å². The van der Waals surface area contributed by atoms with Gasteiger partial charge >= 0.3 is 0 Å². The molecule has 0 radical (unpaired) electrons. The van der Waals surface area contributed by atoms with Gasteiger partial charge in [-0.15, -0.1) is 0 Å². The summed E-state index contributed by atoms with van der Waals surface area (Å²) < 4.78 is 5.69. The number of hydrogen-bond acceptors (Lipinski definition) is 3. The topological polar surface area (TPSA) is 58.6 Å². The molecule has 1 heterocycles. The van der Waals surface area contributed by atoms with Crippen molar-refractivity contribution in [1.29, 1.82) is 0 Å². The van der Waals surface area contributed by atoms with Crippen LogP contribution < -0.4 is 10.1 Å². The predicted octanol–water partition coefficient (Wildman–Crippen LogP) is 1.42. The van der Waals surface area contributed by atoms with Crippen LogP contribution in [-0.2, 0) is 9.59 Å². The van der Waals surface area contributed by atoms with E-state index in [4.69, 9.17) is 4.74 Å². The zero-order chi connectivity index (χ0) is 15.4. The summed E-state index contributed by atoms with van der Waals surface area (Å²) in [6, 6.07) is 5.48. The third-order valence-electron chi connectivity index (χ3n) is 3.95. The smallest absolute Gasteiger partial charge is 0.242 e. The monoisotopic (exact) mass is 290 g/mol. The number of amides is 2. The van der Waals surface area contributed by atoms with E-state index in [1.165, 1.54) is 5.56 Å². The number of hydrogen-bond donors (Lipinski definition) is 1. The van der Waals surface area contributed by atoms with Gasteiger partial charge in [0.1, 0.15) is 11.8 Å². The van der Waals surface area contributed by atoms with Gasteiger partial charge < -0.3 is 15.0 Å². The van der Waals surface area contributed by atoms with Gasteiger partial charge in [-0.05, 0) is 38.0 Å². The van der Waals surface area contributed by atoms with E-state index in [1.54, 1.807) is 11.8 Å². The van der Waals surface area contributed by atoms with Crippen molar-refractivity contribution < 1.29 is 14.3 Å². The second-order valence-corrected chi connectivity index (χ2v) is 5.35. The first-order valence-electron chi connectivity index (χ1n) is 7.27. The van der Waals surface area contributed by atoms with Crippen molar-refractivity contribution in [3.63, 3.8) is 0 Å². The van der Waals surface area contributed by atoms with E-state index in [0.29, 0.717) is 19.7 Å². The van der Waals surface area contributed by atoms with Crippen LogP contribution in [-0.4, -0.2) is 42.5 Å². The van der Waals surface area contributed by atoms with Crippen molar-refractivity contribution in [2.75, 3.05) is 19.7 Å². The molecule has 0 aliphatic carbocycles. The third-order valence-corrected chi connectivity index (χ3v) is 3.95. The van der Waals surface area contributed by atoms with E-state index in [0.717, 1.165) is 11.3 Å². The van der Waals surface area contributed by atoms with Crippen LogP contribution in [0.25, 0.3) is 0 Å². The number of carbonyl (C=O) groups is 2. The van der Waals surface area contributed by atoms with E-state index >= 15 is 0 Å². The summed E-state index contributed by atoms with van der Waals surface area (Å²) in [7, 11) is 0. The quantitative estimate of drug-likeness (QED) is 0.912. The summed E-state index contributed by atoms with van der Waals surface area (Å²) >= 11 is 0. The van der Waals surface area contributed by atoms with Crippen LogP contribution in [0.15, 0.2) is 18.2 Å². The molecule has 21 heavy (non-hydrogen) atoms. The largest absolute Gasteiger partial charge is 0.493 e. The van der Waals surface area contributed by atoms with Crippen LogP contribution >= 0.6 is 0 Å². The summed E-state index contributed by atoms with van der Waals surface area (Å²) in [5, 5.41) is 2.75. The molecule has 1 unspecified atom stereocenters. The van der Waals surface area contributed by atoms with Gasteiger partial charge in [0, 0.05) is 13.1 Å². The lowest BCUT2D eigenvalue weighted by molar-refractivity contribution is -0.142. The molecule has 1 atom stereocenters. The molecule has 0 aromatic heterocycles. The maximum absolute atomic E-state index is 12.2. The van der Waals surface area contributed by atoms with Gasteiger partial charge in [-0.3, -0.25) is 9.59 Å². The Kier molecular flexibility index (Phi) is 4.83. The Labute approximate surface area is 125 Å². The molecule has 5 heteroatoms. The molecule has 2 amide bonds. The van der Waals surface area contributed by atoms with E-state index in [1.807, 2.05) is 32.0 Å². The predicted molar refractivity (Wildman–Crippen MR) is 80.2 cm³/mol. The third kappa shape index (κ3) is 3.54. The molecule has 1 aromatic carbocycles. The lowest BCUT2D eigenvalue weighted by atomic mass is 10.1. The summed E-state index contributed by atoms with van der Waals surface area (Å²) in [4.78, 5) is 25.3. The summed E-state index contributed by atoms with van der Waals surface area (Å²) in [5.41, 5.74) is 2.26. The first kappa shape index (κ1) is 15.4. The van der Waals surface area contributed by atoms with Gasteiger partial charge in [0.25, 0.3) is 0 Å². The lowest BCUT2D eigenvalue weighted by Crippen LogP contribution is -2.56.